The molecule has 2 N–H and O–H groups in total. The van der Waals surface area contributed by atoms with Crippen molar-refractivity contribution in [2.45, 2.75) is 18.7 Å². The average molecular weight is 265 g/mol. The minimum absolute atomic E-state index is 0.0967. The highest BCUT2D eigenvalue weighted by atomic mass is 35.5. The van der Waals surface area contributed by atoms with E-state index in [-0.39, 0.29) is 29.2 Å². The molecule has 1 rings (SSSR count). The fraction of sp³-hybridized carbons (Fsp3) is 0.400. The van der Waals surface area contributed by atoms with Crippen LogP contribution in [0.1, 0.15) is 23.4 Å². The Morgan fingerprint density at radius 3 is 2.76 bits per heavy atom. The van der Waals surface area contributed by atoms with Crippen LogP contribution in [-0.2, 0) is 21.8 Å². The molecular weight excluding hydrogens is 254 g/mol. The molecule has 94 valence electrons. The van der Waals surface area contributed by atoms with Crippen molar-refractivity contribution in [3.05, 3.63) is 23.0 Å². The van der Waals surface area contributed by atoms with Gasteiger partial charge in [-0.1, -0.05) is 0 Å². The van der Waals surface area contributed by atoms with E-state index in [2.05, 4.69) is 9.72 Å². The lowest BCUT2D eigenvalue weighted by Gasteiger charge is -2.10. The summed E-state index contributed by atoms with van der Waals surface area (Å²) in [6.45, 7) is 0. The first-order valence-electron chi connectivity index (χ1n) is 4.68. The third kappa shape index (κ3) is 3.26. The minimum atomic E-state index is -2.74. The Morgan fingerprint density at radius 2 is 2.29 bits per heavy atom. The molecule has 0 aromatic carbocycles. The smallest absolute Gasteiger partial charge is 0.310 e. The summed E-state index contributed by atoms with van der Waals surface area (Å²) in [7, 11) is 1.20. The molecule has 7 heteroatoms. The molecule has 17 heavy (non-hydrogen) atoms. The monoisotopic (exact) mass is 264 g/mol. The van der Waals surface area contributed by atoms with Crippen LogP contribution >= 0.6 is 11.6 Å². The molecule has 0 amide bonds. The average Bonchev–Trinajstić information content (AvgIpc) is 2.31. The largest absolute Gasteiger partial charge is 0.469 e. The number of hydrogen-bond donors (Lipinski definition) is 1. The van der Waals surface area contributed by atoms with Gasteiger partial charge in [-0.2, -0.15) is 0 Å². The minimum Gasteiger partial charge on any atom is -0.469 e. The van der Waals surface area contributed by atoms with E-state index in [0.29, 0.717) is 0 Å². The number of pyridine rings is 1. The molecule has 1 aromatic rings. The van der Waals surface area contributed by atoms with Crippen molar-refractivity contribution >= 4 is 23.3 Å². The Hall–Kier alpha value is -1.43. The maximum Gasteiger partial charge on any atom is 0.310 e. The van der Waals surface area contributed by atoms with Gasteiger partial charge < -0.3 is 10.5 Å². The van der Waals surface area contributed by atoms with E-state index in [4.69, 9.17) is 17.3 Å². The van der Waals surface area contributed by atoms with Crippen LogP contribution in [0, 0.1) is 0 Å². The van der Waals surface area contributed by atoms with Crippen LogP contribution in [0.4, 0.5) is 14.5 Å². The van der Waals surface area contributed by atoms with E-state index < -0.39 is 18.1 Å². The zero-order valence-electron chi connectivity index (χ0n) is 9.04. The molecule has 4 nitrogen and oxygen atoms in total. The van der Waals surface area contributed by atoms with Crippen LogP contribution in [0.5, 0.6) is 0 Å². The molecular formula is C10H11ClF2N2O2. The summed E-state index contributed by atoms with van der Waals surface area (Å²) < 4.78 is 29.6. The number of carbonyl (C=O) groups is 1. The maximum atomic E-state index is 12.6. The molecule has 0 spiro atoms. The summed E-state index contributed by atoms with van der Waals surface area (Å²) in [5.74, 6) is -0.663. The van der Waals surface area contributed by atoms with Crippen molar-refractivity contribution in [1.29, 1.82) is 0 Å². The summed E-state index contributed by atoms with van der Waals surface area (Å²) in [5, 5.41) is 0. The second-order valence-electron chi connectivity index (χ2n) is 3.25. The number of ether oxygens (including phenoxy) is 1. The Labute approximate surface area is 102 Å². The van der Waals surface area contributed by atoms with Crippen molar-refractivity contribution in [2.24, 2.45) is 0 Å². The molecule has 0 aliphatic rings. The van der Waals surface area contributed by atoms with Gasteiger partial charge in [-0.05, 0) is 11.6 Å². The van der Waals surface area contributed by atoms with Crippen LogP contribution in [0.2, 0.25) is 0 Å². The molecule has 0 fully saturated rings. The van der Waals surface area contributed by atoms with Crippen molar-refractivity contribution in [3.63, 3.8) is 0 Å². The summed E-state index contributed by atoms with van der Waals surface area (Å²) in [6.07, 6.45) is -2.93. The topological polar surface area (TPSA) is 65.2 Å². The molecule has 0 bridgehead atoms. The number of hydrogen-bond acceptors (Lipinski definition) is 4. The fourth-order valence-electron chi connectivity index (χ4n) is 1.28. The maximum absolute atomic E-state index is 12.6. The number of nitrogens with two attached hydrogens (primary N) is 1. The third-order valence-corrected chi connectivity index (χ3v) is 2.41. The van der Waals surface area contributed by atoms with E-state index in [1.54, 1.807) is 0 Å². The lowest BCUT2D eigenvalue weighted by molar-refractivity contribution is -0.139. The zero-order chi connectivity index (χ0) is 13.0. The molecule has 0 atom stereocenters. The molecule has 0 saturated carbocycles. The van der Waals surface area contributed by atoms with Crippen LogP contribution in [0.25, 0.3) is 0 Å². The van der Waals surface area contributed by atoms with Gasteiger partial charge in [0, 0.05) is 0 Å². The van der Waals surface area contributed by atoms with Gasteiger partial charge in [0.05, 0.1) is 30.8 Å². The highest BCUT2D eigenvalue weighted by molar-refractivity contribution is 6.17. The molecule has 0 unspecified atom stereocenters. The second kappa shape index (κ2) is 5.77. The molecule has 0 aliphatic heterocycles. The van der Waals surface area contributed by atoms with E-state index in [9.17, 15) is 13.6 Å². The number of nitrogens with zero attached hydrogens (tertiary/aromatic N) is 1. The van der Waals surface area contributed by atoms with Crippen molar-refractivity contribution in [1.82, 2.24) is 4.98 Å². The van der Waals surface area contributed by atoms with Gasteiger partial charge in [-0.15, -0.1) is 11.6 Å². The molecule has 0 saturated heterocycles. The zero-order valence-corrected chi connectivity index (χ0v) is 9.80. The van der Waals surface area contributed by atoms with Gasteiger partial charge in [0.25, 0.3) is 6.43 Å². The van der Waals surface area contributed by atoms with Gasteiger partial charge in [0.15, 0.2) is 0 Å². The fourth-order valence-corrected chi connectivity index (χ4v) is 1.48. The summed E-state index contributed by atoms with van der Waals surface area (Å²) in [4.78, 5) is 14.7. The van der Waals surface area contributed by atoms with Gasteiger partial charge in [0.1, 0.15) is 5.69 Å². The van der Waals surface area contributed by atoms with Gasteiger partial charge >= 0.3 is 5.97 Å². The first-order valence-corrected chi connectivity index (χ1v) is 5.22. The van der Waals surface area contributed by atoms with Crippen LogP contribution in [0.15, 0.2) is 6.07 Å². The number of aromatic nitrogens is 1. The Kier molecular flexibility index (Phi) is 4.62. The van der Waals surface area contributed by atoms with Crippen molar-refractivity contribution < 1.29 is 18.3 Å². The second-order valence-corrected chi connectivity index (χ2v) is 3.52. The predicted octanol–water partition coefficient (Wildman–Crippen LogP) is 2.06. The van der Waals surface area contributed by atoms with Crippen LogP contribution < -0.4 is 5.73 Å². The highest BCUT2D eigenvalue weighted by Crippen LogP contribution is 2.25. The number of anilines is 1. The van der Waals surface area contributed by atoms with Gasteiger partial charge in [0.2, 0.25) is 0 Å². The Balaban J connectivity index is 3.17. The number of carbonyl (C=O) groups excluding carboxylic acids is 1. The van der Waals surface area contributed by atoms with E-state index in [1.165, 1.54) is 7.11 Å². The lowest BCUT2D eigenvalue weighted by atomic mass is 10.1. The summed E-state index contributed by atoms with van der Waals surface area (Å²) >= 11 is 5.55. The third-order valence-electron chi connectivity index (χ3n) is 2.16. The van der Waals surface area contributed by atoms with Gasteiger partial charge in [-0.25, -0.2) is 13.8 Å². The molecule has 1 aromatic heterocycles. The number of rotatable bonds is 4. The first kappa shape index (κ1) is 13.6. The van der Waals surface area contributed by atoms with Crippen molar-refractivity contribution in [2.75, 3.05) is 12.8 Å². The normalized spacial score (nSPS) is 10.6. The number of methoxy groups -OCH3 is 1. The SMILES string of the molecule is COC(=O)Cc1cc(C(F)F)nc(CCl)c1N. The number of alkyl halides is 3. The first-order chi connectivity index (χ1) is 7.99. The number of esters is 1. The Bertz CT molecular complexity index is 427. The van der Waals surface area contributed by atoms with Crippen LogP contribution in [-0.4, -0.2) is 18.1 Å². The summed E-state index contributed by atoms with van der Waals surface area (Å²) in [6, 6.07) is 1.09. The van der Waals surface area contributed by atoms with Crippen LogP contribution in [0.3, 0.4) is 0 Å². The molecule has 0 aliphatic carbocycles. The Morgan fingerprint density at radius 1 is 1.65 bits per heavy atom. The predicted molar refractivity (Wildman–Crippen MR) is 58.9 cm³/mol. The van der Waals surface area contributed by atoms with E-state index >= 15 is 0 Å². The highest BCUT2D eigenvalue weighted by Gasteiger charge is 2.17. The summed E-state index contributed by atoms with van der Waals surface area (Å²) in [5.41, 5.74) is 5.75. The molecule has 0 radical (unpaired) electrons. The lowest BCUT2D eigenvalue weighted by Crippen LogP contribution is -2.10. The number of nitrogen functional groups attached to an aromatic ring is 1. The van der Waals surface area contributed by atoms with E-state index in [1.807, 2.05) is 0 Å². The quantitative estimate of drug-likeness (QED) is 0.668. The standard InChI is InChI=1S/C10H11ClF2N2O2/c1-17-8(16)3-5-2-6(10(12)13)15-7(4-11)9(5)14/h2,10H,3-4,14H2,1H3. The number of halogens is 3. The molecule has 1 heterocycles. The van der Waals surface area contributed by atoms with E-state index in [0.717, 1.165) is 6.07 Å². The van der Waals surface area contributed by atoms with Crippen molar-refractivity contribution in [3.8, 4) is 0 Å². The van der Waals surface area contributed by atoms with Gasteiger partial charge in [-0.3, -0.25) is 4.79 Å².